The second-order valence-electron chi connectivity index (χ2n) is 3.69. The van der Waals surface area contributed by atoms with Crippen LogP contribution in [0.4, 0.5) is 0 Å². The maximum atomic E-state index is 3.22. The Bertz CT molecular complexity index is 123. The fourth-order valence-corrected chi connectivity index (χ4v) is 0.989. The molecule has 66 valence electrons. The minimum absolute atomic E-state index is 0.624. The van der Waals surface area contributed by atoms with Gasteiger partial charge < -0.3 is 5.32 Å². The lowest BCUT2D eigenvalue weighted by Gasteiger charge is -2.11. The van der Waals surface area contributed by atoms with Crippen molar-refractivity contribution in [3.05, 3.63) is 11.8 Å². The molecule has 1 N–H and O–H groups in total. The second-order valence-corrected chi connectivity index (χ2v) is 3.69. The fourth-order valence-electron chi connectivity index (χ4n) is 0.989. The number of hydrogen-bond donors (Lipinski definition) is 1. The van der Waals surface area contributed by atoms with Gasteiger partial charge in [0.15, 0.2) is 0 Å². The van der Waals surface area contributed by atoms with Crippen molar-refractivity contribution in [3.8, 4) is 0 Å². The SMILES string of the molecule is CN/C(=C\CC(C)C)C(C)C. The summed E-state index contributed by atoms with van der Waals surface area (Å²) in [4.78, 5) is 0. The Hall–Kier alpha value is -0.460. The highest BCUT2D eigenvalue weighted by atomic mass is 14.8. The molecule has 0 atom stereocenters. The van der Waals surface area contributed by atoms with Gasteiger partial charge in [0.1, 0.15) is 0 Å². The Labute approximate surface area is 70.9 Å². The van der Waals surface area contributed by atoms with Crippen molar-refractivity contribution in [2.45, 2.75) is 34.1 Å². The van der Waals surface area contributed by atoms with E-state index in [1.165, 1.54) is 12.1 Å². The van der Waals surface area contributed by atoms with Gasteiger partial charge in [0.2, 0.25) is 0 Å². The van der Waals surface area contributed by atoms with Crippen molar-refractivity contribution >= 4 is 0 Å². The van der Waals surface area contributed by atoms with Crippen LogP contribution in [-0.2, 0) is 0 Å². The Balaban J connectivity index is 3.91. The van der Waals surface area contributed by atoms with Crippen molar-refractivity contribution in [2.75, 3.05) is 7.05 Å². The molecule has 0 aromatic heterocycles. The number of rotatable bonds is 4. The lowest BCUT2D eigenvalue weighted by molar-refractivity contribution is 0.635. The summed E-state index contributed by atoms with van der Waals surface area (Å²) in [6.07, 6.45) is 3.48. The molecular formula is C10H21N. The zero-order valence-electron chi connectivity index (χ0n) is 8.44. The van der Waals surface area contributed by atoms with Gasteiger partial charge >= 0.3 is 0 Å². The molecule has 0 heterocycles. The monoisotopic (exact) mass is 155 g/mol. The Morgan fingerprint density at radius 1 is 1.27 bits per heavy atom. The Morgan fingerprint density at radius 2 is 1.82 bits per heavy atom. The van der Waals surface area contributed by atoms with E-state index in [1.54, 1.807) is 0 Å². The molecule has 0 bridgehead atoms. The molecule has 0 rings (SSSR count). The quantitative estimate of drug-likeness (QED) is 0.658. The van der Waals surface area contributed by atoms with Crippen LogP contribution >= 0.6 is 0 Å². The van der Waals surface area contributed by atoms with Crippen molar-refractivity contribution in [2.24, 2.45) is 11.8 Å². The van der Waals surface area contributed by atoms with Crippen LogP contribution in [0.1, 0.15) is 34.1 Å². The van der Waals surface area contributed by atoms with Gasteiger partial charge in [-0.05, 0) is 18.3 Å². The zero-order valence-corrected chi connectivity index (χ0v) is 8.44. The molecular weight excluding hydrogens is 134 g/mol. The second kappa shape index (κ2) is 5.22. The molecule has 0 fully saturated rings. The standard InChI is InChI=1S/C10H21N/c1-8(2)6-7-10(11-5)9(3)4/h7-9,11H,6H2,1-5H3/b10-7-. The first-order valence-electron chi connectivity index (χ1n) is 4.45. The zero-order chi connectivity index (χ0) is 8.85. The lowest BCUT2D eigenvalue weighted by atomic mass is 10.1. The van der Waals surface area contributed by atoms with Gasteiger partial charge in [-0.25, -0.2) is 0 Å². The summed E-state index contributed by atoms with van der Waals surface area (Å²) in [6, 6.07) is 0. The van der Waals surface area contributed by atoms with Gasteiger partial charge in [-0.2, -0.15) is 0 Å². The van der Waals surface area contributed by atoms with Crippen molar-refractivity contribution in [3.63, 3.8) is 0 Å². The van der Waals surface area contributed by atoms with E-state index in [0.29, 0.717) is 5.92 Å². The predicted octanol–water partition coefficient (Wildman–Crippen LogP) is 2.79. The van der Waals surface area contributed by atoms with E-state index in [0.717, 1.165) is 5.92 Å². The lowest BCUT2D eigenvalue weighted by Crippen LogP contribution is -2.11. The molecule has 0 amide bonds. The normalized spacial score (nSPS) is 12.8. The molecule has 1 heteroatoms. The minimum Gasteiger partial charge on any atom is -0.391 e. The van der Waals surface area contributed by atoms with Crippen molar-refractivity contribution in [1.82, 2.24) is 5.32 Å². The highest BCUT2D eigenvalue weighted by Crippen LogP contribution is 2.09. The van der Waals surface area contributed by atoms with Crippen molar-refractivity contribution < 1.29 is 0 Å². The van der Waals surface area contributed by atoms with Crippen LogP contribution in [0.2, 0.25) is 0 Å². The smallest absolute Gasteiger partial charge is 0.00895 e. The maximum absolute atomic E-state index is 3.22. The van der Waals surface area contributed by atoms with Gasteiger partial charge in [-0.1, -0.05) is 33.8 Å². The third-order valence-corrected chi connectivity index (χ3v) is 1.72. The Kier molecular flexibility index (Phi) is 5.01. The third-order valence-electron chi connectivity index (χ3n) is 1.72. The van der Waals surface area contributed by atoms with E-state index >= 15 is 0 Å². The summed E-state index contributed by atoms with van der Waals surface area (Å²) in [5.74, 6) is 1.39. The highest BCUT2D eigenvalue weighted by molar-refractivity contribution is 5.01. The summed E-state index contributed by atoms with van der Waals surface area (Å²) < 4.78 is 0. The number of nitrogens with one attached hydrogen (secondary N) is 1. The molecule has 0 aromatic carbocycles. The molecule has 0 aliphatic heterocycles. The molecule has 0 unspecified atom stereocenters. The van der Waals surface area contributed by atoms with E-state index < -0.39 is 0 Å². The van der Waals surface area contributed by atoms with Gasteiger partial charge in [0, 0.05) is 12.7 Å². The van der Waals surface area contributed by atoms with E-state index in [4.69, 9.17) is 0 Å². The molecule has 0 spiro atoms. The summed E-state index contributed by atoms with van der Waals surface area (Å²) >= 11 is 0. The van der Waals surface area contributed by atoms with Crippen LogP contribution < -0.4 is 5.32 Å². The molecule has 0 aliphatic rings. The first-order chi connectivity index (χ1) is 5.07. The topological polar surface area (TPSA) is 12.0 Å². The van der Waals surface area contributed by atoms with E-state index in [1.807, 2.05) is 7.05 Å². The van der Waals surface area contributed by atoms with Crippen LogP contribution in [0.15, 0.2) is 11.8 Å². The summed E-state index contributed by atoms with van der Waals surface area (Å²) in [6.45, 7) is 8.90. The summed E-state index contributed by atoms with van der Waals surface area (Å²) in [5, 5.41) is 3.22. The number of hydrogen-bond acceptors (Lipinski definition) is 1. The van der Waals surface area contributed by atoms with E-state index in [-0.39, 0.29) is 0 Å². The first-order valence-corrected chi connectivity index (χ1v) is 4.45. The summed E-state index contributed by atoms with van der Waals surface area (Å²) in [5.41, 5.74) is 1.36. The van der Waals surface area contributed by atoms with Gasteiger partial charge in [-0.3, -0.25) is 0 Å². The molecule has 11 heavy (non-hydrogen) atoms. The largest absolute Gasteiger partial charge is 0.391 e. The molecule has 0 saturated carbocycles. The maximum Gasteiger partial charge on any atom is 0.00895 e. The predicted molar refractivity (Wildman–Crippen MR) is 51.4 cm³/mol. The molecule has 0 aliphatic carbocycles. The number of allylic oxidation sites excluding steroid dienone is 2. The van der Waals surface area contributed by atoms with Crippen molar-refractivity contribution in [1.29, 1.82) is 0 Å². The van der Waals surface area contributed by atoms with E-state index in [2.05, 4.69) is 39.1 Å². The van der Waals surface area contributed by atoms with Gasteiger partial charge in [0.05, 0.1) is 0 Å². The molecule has 0 saturated heterocycles. The minimum atomic E-state index is 0.624. The van der Waals surface area contributed by atoms with Crippen LogP contribution in [0, 0.1) is 11.8 Å². The average molecular weight is 155 g/mol. The van der Waals surface area contributed by atoms with Crippen LogP contribution in [0.25, 0.3) is 0 Å². The van der Waals surface area contributed by atoms with Gasteiger partial charge in [0.25, 0.3) is 0 Å². The van der Waals surface area contributed by atoms with Crippen LogP contribution in [0.3, 0.4) is 0 Å². The highest BCUT2D eigenvalue weighted by Gasteiger charge is 1.99. The average Bonchev–Trinajstić information content (AvgIpc) is 1.87. The van der Waals surface area contributed by atoms with Gasteiger partial charge in [-0.15, -0.1) is 0 Å². The van der Waals surface area contributed by atoms with Crippen LogP contribution in [0.5, 0.6) is 0 Å². The van der Waals surface area contributed by atoms with Crippen LogP contribution in [-0.4, -0.2) is 7.05 Å². The molecule has 1 nitrogen and oxygen atoms in total. The molecule has 0 aromatic rings. The summed E-state index contributed by atoms with van der Waals surface area (Å²) in [7, 11) is 1.99. The third kappa shape index (κ3) is 4.88. The van der Waals surface area contributed by atoms with E-state index in [9.17, 15) is 0 Å². The Morgan fingerprint density at radius 3 is 2.09 bits per heavy atom. The fraction of sp³-hybridized carbons (Fsp3) is 0.800. The molecule has 0 radical (unpaired) electrons. The first kappa shape index (κ1) is 10.5.